The van der Waals surface area contributed by atoms with Crippen LogP contribution in [-0.4, -0.2) is 45.1 Å². The van der Waals surface area contributed by atoms with Crippen LogP contribution in [0.15, 0.2) is 28.8 Å². The van der Waals surface area contributed by atoms with Gasteiger partial charge in [-0.1, -0.05) is 17.3 Å². The van der Waals surface area contributed by atoms with Crippen LogP contribution in [0.4, 0.5) is 8.78 Å². The zero-order chi connectivity index (χ0) is 18.2. The molecule has 25 heavy (non-hydrogen) atoms. The number of halogens is 2. The molecular weight excluding hydrogens is 336 g/mol. The predicted octanol–water partition coefficient (Wildman–Crippen LogP) is 2.61. The first-order valence-corrected chi connectivity index (χ1v) is 7.55. The first-order chi connectivity index (χ1) is 11.8. The van der Waals surface area contributed by atoms with Crippen molar-refractivity contribution in [1.82, 2.24) is 15.0 Å². The van der Waals surface area contributed by atoms with E-state index in [0.717, 1.165) is 0 Å². The minimum atomic E-state index is -2.85. The summed E-state index contributed by atoms with van der Waals surface area (Å²) in [5.41, 5.74) is -0.133. The first-order valence-electron chi connectivity index (χ1n) is 7.55. The van der Waals surface area contributed by atoms with Gasteiger partial charge in [0.15, 0.2) is 0 Å². The average molecular weight is 351 g/mol. The van der Waals surface area contributed by atoms with Crippen molar-refractivity contribution in [2.45, 2.75) is 19.8 Å². The number of carbonyl (C=O) groups excluding carboxylic acids is 1. The lowest BCUT2D eigenvalue weighted by Crippen LogP contribution is -2.34. The van der Waals surface area contributed by atoms with Crippen molar-refractivity contribution in [3.8, 4) is 11.4 Å². The Morgan fingerprint density at radius 3 is 2.52 bits per heavy atom. The zero-order valence-corrected chi connectivity index (χ0v) is 13.3. The Kier molecular flexibility index (Phi) is 4.23. The normalized spacial score (nSPS) is 20.2. The monoisotopic (exact) mass is 351 g/mol. The number of aliphatic carboxylic acids is 1. The molecule has 1 saturated heterocycles. The number of carboxylic acid groups (broad SMARTS) is 1. The number of benzene rings is 1. The average Bonchev–Trinajstić information content (AvgIpc) is 3.22. The minimum Gasteiger partial charge on any atom is -0.481 e. The van der Waals surface area contributed by atoms with Crippen LogP contribution in [0.2, 0.25) is 0 Å². The van der Waals surface area contributed by atoms with Crippen LogP contribution in [0.5, 0.6) is 0 Å². The van der Waals surface area contributed by atoms with Gasteiger partial charge < -0.3 is 14.5 Å². The van der Waals surface area contributed by atoms with E-state index in [4.69, 9.17) is 0 Å². The van der Waals surface area contributed by atoms with Crippen LogP contribution < -0.4 is 0 Å². The molecule has 1 fully saturated rings. The van der Waals surface area contributed by atoms with Crippen LogP contribution in [0.25, 0.3) is 11.4 Å². The molecule has 132 valence electrons. The molecule has 1 aromatic heterocycles. The third kappa shape index (κ3) is 3.21. The summed E-state index contributed by atoms with van der Waals surface area (Å²) in [6, 6.07) is 6.10. The molecular formula is C16H15F2N3O4. The number of rotatable bonds is 4. The molecule has 3 rings (SSSR count). The van der Waals surface area contributed by atoms with E-state index in [1.54, 1.807) is 6.92 Å². The second-order valence-corrected chi connectivity index (χ2v) is 6.18. The highest BCUT2D eigenvalue weighted by Gasteiger charge is 2.42. The van der Waals surface area contributed by atoms with Crippen molar-refractivity contribution >= 4 is 11.9 Å². The Morgan fingerprint density at radius 2 is 2.00 bits per heavy atom. The van der Waals surface area contributed by atoms with Gasteiger partial charge in [0.25, 0.3) is 11.8 Å². The molecule has 1 atom stereocenters. The lowest BCUT2D eigenvalue weighted by Gasteiger charge is -2.20. The van der Waals surface area contributed by atoms with E-state index in [-0.39, 0.29) is 18.3 Å². The van der Waals surface area contributed by atoms with Crippen molar-refractivity contribution in [3.63, 3.8) is 0 Å². The minimum absolute atomic E-state index is 0.00826. The van der Waals surface area contributed by atoms with Gasteiger partial charge in [0, 0.05) is 24.2 Å². The van der Waals surface area contributed by atoms with E-state index in [1.165, 1.54) is 29.2 Å². The second kappa shape index (κ2) is 6.23. The summed E-state index contributed by atoms with van der Waals surface area (Å²) in [6.07, 6.45) is -2.45. The molecule has 1 aliphatic heterocycles. The SMILES string of the molecule is CC1(C(=O)O)CCN(C(=O)c2ccc(-c3noc(C(F)F)n3)cc2)C1. The lowest BCUT2D eigenvalue weighted by molar-refractivity contribution is -0.147. The molecule has 0 bridgehead atoms. The Balaban J connectivity index is 1.74. The van der Waals surface area contributed by atoms with Gasteiger partial charge in [0.05, 0.1) is 5.41 Å². The molecule has 1 unspecified atom stereocenters. The van der Waals surface area contributed by atoms with E-state index in [0.29, 0.717) is 24.1 Å². The molecule has 7 nitrogen and oxygen atoms in total. The molecule has 1 aliphatic rings. The van der Waals surface area contributed by atoms with E-state index in [1.807, 2.05) is 0 Å². The highest BCUT2D eigenvalue weighted by atomic mass is 19.3. The molecule has 9 heteroatoms. The molecule has 0 spiro atoms. The predicted molar refractivity (Wildman–Crippen MR) is 81.0 cm³/mol. The Hall–Kier alpha value is -2.84. The Labute approximate surface area is 141 Å². The summed E-state index contributed by atoms with van der Waals surface area (Å²) in [6.45, 7) is 2.13. The lowest BCUT2D eigenvalue weighted by atomic mass is 9.90. The number of carboxylic acids is 1. The van der Waals surface area contributed by atoms with Gasteiger partial charge in [-0.3, -0.25) is 9.59 Å². The zero-order valence-electron chi connectivity index (χ0n) is 13.3. The summed E-state index contributed by atoms with van der Waals surface area (Å²) in [5.74, 6) is -1.96. The van der Waals surface area contributed by atoms with Crippen molar-refractivity contribution in [3.05, 3.63) is 35.7 Å². The fourth-order valence-corrected chi connectivity index (χ4v) is 2.69. The van der Waals surface area contributed by atoms with Crippen molar-refractivity contribution < 1.29 is 28.0 Å². The highest BCUT2D eigenvalue weighted by molar-refractivity contribution is 5.95. The van der Waals surface area contributed by atoms with Crippen molar-refractivity contribution in [2.24, 2.45) is 5.41 Å². The van der Waals surface area contributed by atoms with Gasteiger partial charge in [0.1, 0.15) is 0 Å². The number of aromatic nitrogens is 2. The van der Waals surface area contributed by atoms with Crippen LogP contribution in [-0.2, 0) is 4.79 Å². The van der Waals surface area contributed by atoms with E-state index < -0.39 is 23.7 Å². The van der Waals surface area contributed by atoms with Crippen LogP contribution in [0.1, 0.15) is 36.0 Å². The molecule has 0 saturated carbocycles. The van der Waals surface area contributed by atoms with E-state index in [2.05, 4.69) is 14.7 Å². The van der Waals surface area contributed by atoms with Crippen LogP contribution in [0, 0.1) is 5.41 Å². The van der Waals surface area contributed by atoms with Gasteiger partial charge >= 0.3 is 12.4 Å². The number of nitrogens with zero attached hydrogens (tertiary/aromatic N) is 3. The Bertz CT molecular complexity index is 806. The number of alkyl halides is 2. The maximum atomic E-state index is 12.5. The third-order valence-corrected chi connectivity index (χ3v) is 4.30. The van der Waals surface area contributed by atoms with Crippen LogP contribution >= 0.6 is 0 Å². The molecule has 2 heterocycles. The maximum Gasteiger partial charge on any atom is 0.315 e. The quantitative estimate of drug-likeness (QED) is 0.909. The molecule has 0 radical (unpaired) electrons. The standard InChI is InChI=1S/C16H15F2N3O4/c1-16(15(23)24)6-7-21(8-16)14(22)10-4-2-9(3-5-10)12-19-13(11(17)18)25-20-12/h2-5,11H,6-8H2,1H3,(H,23,24). The third-order valence-electron chi connectivity index (χ3n) is 4.30. The van der Waals surface area contributed by atoms with Gasteiger partial charge in [-0.15, -0.1) is 0 Å². The fourth-order valence-electron chi connectivity index (χ4n) is 2.69. The second-order valence-electron chi connectivity index (χ2n) is 6.18. The van der Waals surface area contributed by atoms with Crippen molar-refractivity contribution in [2.75, 3.05) is 13.1 Å². The molecule has 1 aromatic carbocycles. The molecule has 1 N–H and O–H groups in total. The number of amides is 1. The van der Waals surface area contributed by atoms with Gasteiger partial charge in [-0.05, 0) is 25.5 Å². The van der Waals surface area contributed by atoms with E-state index >= 15 is 0 Å². The maximum absolute atomic E-state index is 12.5. The smallest absolute Gasteiger partial charge is 0.315 e. The number of hydrogen-bond donors (Lipinski definition) is 1. The number of hydrogen-bond acceptors (Lipinski definition) is 5. The number of likely N-dealkylation sites (tertiary alicyclic amines) is 1. The van der Waals surface area contributed by atoms with Gasteiger partial charge in [-0.2, -0.15) is 13.8 Å². The largest absolute Gasteiger partial charge is 0.481 e. The van der Waals surface area contributed by atoms with E-state index in [9.17, 15) is 23.5 Å². The number of carbonyl (C=O) groups is 2. The first kappa shape index (κ1) is 17.0. The van der Waals surface area contributed by atoms with Gasteiger partial charge in [0.2, 0.25) is 5.82 Å². The summed E-state index contributed by atoms with van der Waals surface area (Å²) >= 11 is 0. The summed E-state index contributed by atoms with van der Waals surface area (Å²) in [7, 11) is 0. The summed E-state index contributed by atoms with van der Waals surface area (Å²) in [5, 5.41) is 12.7. The highest BCUT2D eigenvalue weighted by Crippen LogP contribution is 2.31. The Morgan fingerprint density at radius 1 is 1.32 bits per heavy atom. The summed E-state index contributed by atoms with van der Waals surface area (Å²) < 4.78 is 29.4. The fraction of sp³-hybridized carbons (Fsp3) is 0.375. The molecule has 2 aromatic rings. The molecule has 1 amide bonds. The topological polar surface area (TPSA) is 96.5 Å². The van der Waals surface area contributed by atoms with Crippen LogP contribution in [0.3, 0.4) is 0 Å². The van der Waals surface area contributed by atoms with Gasteiger partial charge in [-0.25, -0.2) is 0 Å². The summed E-state index contributed by atoms with van der Waals surface area (Å²) in [4.78, 5) is 28.8. The van der Waals surface area contributed by atoms with Crippen molar-refractivity contribution in [1.29, 1.82) is 0 Å². The molecule has 0 aliphatic carbocycles.